The standard InChI is InChI=1S/C6H10F2N2S/c7-5(8)4-10-6-9-2-1-3-11-6/h5H,1-4H2,(H,9,10). The molecule has 11 heavy (non-hydrogen) atoms. The van der Waals surface area contributed by atoms with E-state index in [4.69, 9.17) is 0 Å². The predicted octanol–water partition coefficient (Wildman–Crippen LogP) is 1.33. The molecule has 0 bridgehead atoms. The van der Waals surface area contributed by atoms with Crippen molar-refractivity contribution in [3.63, 3.8) is 0 Å². The average molecular weight is 180 g/mol. The lowest BCUT2D eigenvalue weighted by molar-refractivity contribution is 0.152. The largest absolute Gasteiger partial charge is 0.359 e. The van der Waals surface area contributed by atoms with Crippen molar-refractivity contribution in [2.75, 3.05) is 18.8 Å². The van der Waals surface area contributed by atoms with Crippen molar-refractivity contribution < 1.29 is 8.78 Å². The highest BCUT2D eigenvalue weighted by atomic mass is 32.2. The number of nitrogens with one attached hydrogen (secondary N) is 1. The Hall–Kier alpha value is -0.320. The van der Waals surface area contributed by atoms with Gasteiger partial charge in [-0.1, -0.05) is 11.8 Å². The van der Waals surface area contributed by atoms with Crippen LogP contribution in [0.15, 0.2) is 4.99 Å². The van der Waals surface area contributed by atoms with Crippen molar-refractivity contribution in [3.05, 3.63) is 0 Å². The first-order valence-electron chi connectivity index (χ1n) is 3.48. The molecular formula is C6H10F2N2S. The van der Waals surface area contributed by atoms with Crippen molar-refractivity contribution in [2.24, 2.45) is 4.99 Å². The maximum atomic E-state index is 11.7. The van der Waals surface area contributed by atoms with Crippen LogP contribution in [0.25, 0.3) is 0 Å². The number of hydrogen-bond acceptors (Lipinski definition) is 3. The van der Waals surface area contributed by atoms with Crippen LogP contribution in [0.4, 0.5) is 8.78 Å². The lowest BCUT2D eigenvalue weighted by Gasteiger charge is -2.12. The number of alkyl halides is 2. The quantitative estimate of drug-likeness (QED) is 0.693. The smallest absolute Gasteiger partial charge is 0.255 e. The minimum Gasteiger partial charge on any atom is -0.359 e. The fraction of sp³-hybridized carbons (Fsp3) is 0.833. The molecule has 0 radical (unpaired) electrons. The molecule has 0 atom stereocenters. The third kappa shape index (κ3) is 3.55. The first-order valence-corrected chi connectivity index (χ1v) is 4.47. The van der Waals surface area contributed by atoms with Crippen molar-refractivity contribution in [3.8, 4) is 0 Å². The van der Waals surface area contributed by atoms with Crippen LogP contribution in [0.5, 0.6) is 0 Å². The van der Waals surface area contributed by atoms with Gasteiger partial charge in [0.15, 0.2) is 5.17 Å². The molecule has 0 unspecified atom stereocenters. The molecule has 2 nitrogen and oxygen atoms in total. The van der Waals surface area contributed by atoms with Crippen LogP contribution < -0.4 is 5.32 Å². The van der Waals surface area contributed by atoms with Gasteiger partial charge in [0, 0.05) is 12.3 Å². The molecule has 1 N–H and O–H groups in total. The molecular weight excluding hydrogens is 170 g/mol. The number of thioether (sulfide) groups is 1. The fourth-order valence-electron chi connectivity index (χ4n) is 0.731. The lowest BCUT2D eigenvalue weighted by Crippen LogP contribution is -2.28. The first-order chi connectivity index (χ1) is 5.29. The first kappa shape index (κ1) is 8.77. The molecule has 5 heteroatoms. The number of rotatable bonds is 2. The van der Waals surface area contributed by atoms with Gasteiger partial charge in [0.25, 0.3) is 6.43 Å². The Morgan fingerprint density at radius 2 is 2.45 bits per heavy atom. The van der Waals surface area contributed by atoms with Crippen molar-refractivity contribution in [2.45, 2.75) is 12.8 Å². The van der Waals surface area contributed by atoms with Gasteiger partial charge in [-0.15, -0.1) is 0 Å². The fourth-order valence-corrected chi connectivity index (χ4v) is 1.57. The summed E-state index contributed by atoms with van der Waals surface area (Å²) >= 11 is 1.51. The van der Waals surface area contributed by atoms with Gasteiger partial charge in [-0.2, -0.15) is 0 Å². The number of hydrogen-bond donors (Lipinski definition) is 1. The van der Waals surface area contributed by atoms with E-state index in [1.54, 1.807) is 0 Å². The number of aliphatic imine (C=N–C) groups is 1. The molecule has 1 aliphatic rings. The minimum absolute atomic E-state index is 0.286. The SMILES string of the molecule is FC(F)CNC1=NCCCS1. The maximum absolute atomic E-state index is 11.7. The van der Waals surface area contributed by atoms with Gasteiger partial charge in [0.2, 0.25) is 0 Å². The van der Waals surface area contributed by atoms with Gasteiger partial charge in [0.05, 0.1) is 6.54 Å². The Labute approximate surface area is 68.5 Å². The second kappa shape index (κ2) is 4.54. The number of halogens is 2. The summed E-state index contributed by atoms with van der Waals surface area (Å²) in [6.45, 7) is 0.477. The van der Waals surface area contributed by atoms with E-state index in [0.29, 0.717) is 5.17 Å². The van der Waals surface area contributed by atoms with Gasteiger partial charge in [-0.3, -0.25) is 4.99 Å². The summed E-state index contributed by atoms with van der Waals surface area (Å²) in [4.78, 5) is 4.04. The minimum atomic E-state index is -2.29. The molecule has 0 aromatic heterocycles. The third-order valence-corrected chi connectivity index (χ3v) is 2.24. The summed E-state index contributed by atoms with van der Waals surface area (Å²) in [5.41, 5.74) is 0. The van der Waals surface area contributed by atoms with E-state index in [2.05, 4.69) is 10.3 Å². The average Bonchev–Trinajstić information content (AvgIpc) is 2.03. The predicted molar refractivity (Wildman–Crippen MR) is 43.4 cm³/mol. The van der Waals surface area contributed by atoms with E-state index in [9.17, 15) is 8.78 Å². The van der Waals surface area contributed by atoms with Gasteiger partial charge < -0.3 is 5.32 Å². The highest BCUT2D eigenvalue weighted by Crippen LogP contribution is 2.09. The van der Waals surface area contributed by atoms with Crippen molar-refractivity contribution >= 4 is 16.9 Å². The van der Waals surface area contributed by atoms with Crippen LogP contribution in [0.2, 0.25) is 0 Å². The Balaban J connectivity index is 2.19. The second-order valence-corrected chi connectivity index (χ2v) is 3.24. The molecule has 64 valence electrons. The highest BCUT2D eigenvalue weighted by Gasteiger charge is 2.07. The Kier molecular flexibility index (Phi) is 3.62. The molecule has 1 aliphatic heterocycles. The monoisotopic (exact) mass is 180 g/mol. The lowest BCUT2D eigenvalue weighted by atomic mass is 10.5. The normalized spacial score (nSPS) is 18.3. The third-order valence-electron chi connectivity index (χ3n) is 1.20. The van der Waals surface area contributed by atoms with Gasteiger partial charge >= 0.3 is 0 Å². The molecule has 0 saturated carbocycles. The van der Waals surface area contributed by atoms with E-state index in [1.807, 2.05) is 0 Å². The van der Waals surface area contributed by atoms with Gasteiger partial charge in [-0.25, -0.2) is 8.78 Å². The van der Waals surface area contributed by atoms with Crippen LogP contribution in [0.1, 0.15) is 6.42 Å². The Bertz CT molecular complexity index is 150. The van der Waals surface area contributed by atoms with Crippen LogP contribution in [-0.2, 0) is 0 Å². The summed E-state index contributed by atoms with van der Waals surface area (Å²) in [7, 11) is 0. The molecule has 1 heterocycles. The molecule has 0 aromatic rings. The maximum Gasteiger partial charge on any atom is 0.255 e. The topological polar surface area (TPSA) is 24.4 Å². The zero-order valence-corrected chi connectivity index (χ0v) is 6.83. The number of nitrogens with zero attached hydrogens (tertiary/aromatic N) is 1. The van der Waals surface area contributed by atoms with Crippen LogP contribution in [0.3, 0.4) is 0 Å². The van der Waals surface area contributed by atoms with E-state index in [1.165, 1.54) is 11.8 Å². The highest BCUT2D eigenvalue weighted by molar-refractivity contribution is 8.13. The molecule has 0 spiro atoms. The van der Waals surface area contributed by atoms with Crippen molar-refractivity contribution in [1.82, 2.24) is 5.32 Å². The van der Waals surface area contributed by atoms with E-state index < -0.39 is 6.43 Å². The molecule has 0 aromatic carbocycles. The van der Waals surface area contributed by atoms with Gasteiger partial charge in [0.1, 0.15) is 0 Å². The summed E-state index contributed by atoms with van der Waals surface area (Å²) < 4.78 is 23.3. The Morgan fingerprint density at radius 3 is 3.00 bits per heavy atom. The summed E-state index contributed by atoms with van der Waals surface area (Å²) in [6, 6.07) is 0. The van der Waals surface area contributed by atoms with Crippen molar-refractivity contribution in [1.29, 1.82) is 0 Å². The van der Waals surface area contributed by atoms with Crippen LogP contribution in [0, 0.1) is 0 Å². The van der Waals surface area contributed by atoms with E-state index >= 15 is 0 Å². The molecule has 0 saturated heterocycles. The summed E-state index contributed by atoms with van der Waals surface area (Å²) in [5, 5.41) is 3.25. The second-order valence-electron chi connectivity index (χ2n) is 2.16. The molecule has 0 aliphatic carbocycles. The van der Waals surface area contributed by atoms with Crippen LogP contribution >= 0.6 is 11.8 Å². The zero-order chi connectivity index (χ0) is 8.10. The molecule has 1 rings (SSSR count). The number of amidine groups is 1. The summed E-state index contributed by atoms with van der Waals surface area (Å²) in [6.07, 6.45) is -1.25. The Morgan fingerprint density at radius 1 is 1.64 bits per heavy atom. The molecule has 0 fully saturated rings. The molecule has 0 amide bonds. The van der Waals surface area contributed by atoms with Gasteiger partial charge in [-0.05, 0) is 6.42 Å². The van der Waals surface area contributed by atoms with Crippen LogP contribution in [-0.4, -0.2) is 30.4 Å². The van der Waals surface area contributed by atoms with E-state index in [-0.39, 0.29) is 6.54 Å². The van der Waals surface area contributed by atoms with E-state index in [0.717, 1.165) is 18.7 Å². The summed E-state index contributed by atoms with van der Waals surface area (Å²) in [5.74, 6) is 0.981. The zero-order valence-electron chi connectivity index (χ0n) is 6.02.